The highest BCUT2D eigenvalue weighted by molar-refractivity contribution is 8.00. The highest BCUT2D eigenvalue weighted by Crippen LogP contribution is 2.32. The maximum absolute atomic E-state index is 12.9. The van der Waals surface area contributed by atoms with Gasteiger partial charge in [0.25, 0.3) is 0 Å². The number of hydrogen-bond donors (Lipinski definition) is 0. The molecule has 152 valence electrons. The second-order valence-electron chi connectivity index (χ2n) is 7.07. The molecule has 0 unspecified atom stereocenters. The Morgan fingerprint density at radius 2 is 2.07 bits per heavy atom. The minimum Gasteiger partial charge on any atom is -0.486 e. The van der Waals surface area contributed by atoms with E-state index < -0.39 is 0 Å². The van der Waals surface area contributed by atoms with Crippen molar-refractivity contribution >= 4 is 17.5 Å². The molecule has 0 N–H and O–H groups in total. The molecule has 4 rings (SSSR count). The Balaban J connectivity index is 1.46. The molecular weight excluding hydrogens is 398 g/mol. The normalized spacial score (nSPS) is 14.9. The van der Waals surface area contributed by atoms with Crippen molar-refractivity contribution < 1.29 is 14.3 Å². The lowest BCUT2D eigenvalue weighted by Gasteiger charge is -2.27. The number of pyridine rings is 1. The summed E-state index contributed by atoms with van der Waals surface area (Å²) in [6, 6.07) is 15.1. The molecule has 0 amide bonds. The molecule has 7 heteroatoms. The largest absolute Gasteiger partial charge is 0.486 e. The molecule has 0 saturated carbocycles. The van der Waals surface area contributed by atoms with Crippen molar-refractivity contribution in [3.8, 4) is 17.6 Å². The first-order valence-corrected chi connectivity index (χ1v) is 10.6. The van der Waals surface area contributed by atoms with Crippen LogP contribution in [0.1, 0.15) is 27.3 Å². The highest BCUT2D eigenvalue weighted by atomic mass is 32.2. The van der Waals surface area contributed by atoms with E-state index in [1.807, 2.05) is 44.2 Å². The van der Waals surface area contributed by atoms with E-state index in [4.69, 9.17) is 9.47 Å². The Kier molecular flexibility index (Phi) is 5.77. The van der Waals surface area contributed by atoms with Gasteiger partial charge in [-0.3, -0.25) is 4.79 Å². The number of carbonyl (C=O) groups is 1. The van der Waals surface area contributed by atoms with Gasteiger partial charge in [-0.1, -0.05) is 23.9 Å². The third-order valence-corrected chi connectivity index (χ3v) is 6.06. The van der Waals surface area contributed by atoms with E-state index in [0.29, 0.717) is 29.3 Å². The molecule has 3 aromatic rings. The smallest absolute Gasteiger partial charge is 0.174 e. The number of aryl methyl sites for hydroxylation is 1. The second kappa shape index (κ2) is 8.64. The zero-order chi connectivity index (χ0) is 21.1. The van der Waals surface area contributed by atoms with E-state index in [1.165, 1.54) is 11.8 Å². The molecule has 3 heterocycles. The molecule has 0 spiro atoms. The molecule has 1 aromatic carbocycles. The average Bonchev–Trinajstić information content (AvgIpc) is 3.06. The predicted octanol–water partition coefficient (Wildman–Crippen LogP) is 4.19. The van der Waals surface area contributed by atoms with E-state index in [-0.39, 0.29) is 17.6 Å². The maximum atomic E-state index is 12.9. The second-order valence-corrected chi connectivity index (χ2v) is 8.04. The fourth-order valence-electron chi connectivity index (χ4n) is 3.52. The zero-order valence-electron chi connectivity index (χ0n) is 16.8. The number of ether oxygens (including phenoxy) is 2. The number of fused-ring (bicyclic) bond motifs is 1. The maximum Gasteiger partial charge on any atom is 0.174 e. The molecule has 0 aliphatic carbocycles. The number of Topliss-reactive ketones (excluding diaryl/α,β-unsaturated/α-hetero) is 1. The Morgan fingerprint density at radius 1 is 1.27 bits per heavy atom. The van der Waals surface area contributed by atoms with Gasteiger partial charge in [-0.05, 0) is 44.2 Å². The van der Waals surface area contributed by atoms with E-state index in [2.05, 4.69) is 15.6 Å². The number of carbonyl (C=O) groups excluding carboxylic acids is 1. The number of ketones is 1. The molecule has 6 nitrogen and oxygen atoms in total. The summed E-state index contributed by atoms with van der Waals surface area (Å²) in [6.45, 7) is 5.00. The van der Waals surface area contributed by atoms with Crippen LogP contribution in [0.4, 0.5) is 0 Å². The van der Waals surface area contributed by atoms with Crippen LogP contribution in [-0.4, -0.2) is 33.8 Å². The molecule has 30 heavy (non-hydrogen) atoms. The number of benzene rings is 1. The predicted molar refractivity (Wildman–Crippen MR) is 114 cm³/mol. The number of aromatic nitrogens is 2. The van der Waals surface area contributed by atoms with Crippen LogP contribution in [0.15, 0.2) is 53.7 Å². The fraction of sp³-hybridized carbons (Fsp3) is 0.261. The van der Waals surface area contributed by atoms with Crippen LogP contribution >= 0.6 is 11.8 Å². The Bertz CT molecular complexity index is 1130. The van der Waals surface area contributed by atoms with Gasteiger partial charge in [0.2, 0.25) is 0 Å². The van der Waals surface area contributed by atoms with Gasteiger partial charge in [0.15, 0.2) is 23.4 Å². The minimum absolute atomic E-state index is 0.0139. The lowest BCUT2D eigenvalue weighted by atomic mass is 10.2. The number of hydrogen-bond acceptors (Lipinski definition) is 6. The Labute approximate surface area is 179 Å². The highest BCUT2D eigenvalue weighted by Gasteiger charge is 2.24. The SMILES string of the molecule is Cc1cc(C(=O)CSc2ncccc2C#N)c(C)n1C[C@H]1COc2ccccc2O1. The van der Waals surface area contributed by atoms with Crippen molar-refractivity contribution in [2.24, 2.45) is 0 Å². The minimum atomic E-state index is -0.131. The number of thioether (sulfide) groups is 1. The van der Waals surface area contributed by atoms with Crippen molar-refractivity contribution in [2.75, 3.05) is 12.4 Å². The van der Waals surface area contributed by atoms with Gasteiger partial charge in [-0.2, -0.15) is 5.26 Å². The van der Waals surface area contributed by atoms with Gasteiger partial charge in [0.1, 0.15) is 17.7 Å². The molecule has 1 aliphatic heterocycles. The molecule has 2 aromatic heterocycles. The average molecular weight is 420 g/mol. The van der Waals surface area contributed by atoms with Gasteiger partial charge >= 0.3 is 0 Å². The Hall–Kier alpha value is -3.24. The van der Waals surface area contributed by atoms with Gasteiger partial charge in [-0.15, -0.1) is 0 Å². The Morgan fingerprint density at radius 3 is 2.87 bits per heavy atom. The summed E-state index contributed by atoms with van der Waals surface area (Å²) in [4.78, 5) is 17.1. The molecule has 0 radical (unpaired) electrons. The number of rotatable bonds is 6. The van der Waals surface area contributed by atoms with E-state index in [9.17, 15) is 10.1 Å². The van der Waals surface area contributed by atoms with Crippen LogP contribution in [0.3, 0.4) is 0 Å². The van der Waals surface area contributed by atoms with Crippen molar-refractivity contribution in [3.05, 3.63) is 71.2 Å². The molecular formula is C23H21N3O3S. The fourth-order valence-corrected chi connectivity index (χ4v) is 4.35. The van der Waals surface area contributed by atoms with Gasteiger partial charge in [-0.25, -0.2) is 4.98 Å². The van der Waals surface area contributed by atoms with Crippen molar-refractivity contribution in [2.45, 2.75) is 31.5 Å². The van der Waals surface area contributed by atoms with Crippen LogP contribution in [0, 0.1) is 25.2 Å². The van der Waals surface area contributed by atoms with Crippen LogP contribution in [0.2, 0.25) is 0 Å². The number of para-hydroxylation sites is 2. The number of nitrogens with zero attached hydrogens (tertiary/aromatic N) is 3. The van der Waals surface area contributed by atoms with Crippen molar-refractivity contribution in [3.63, 3.8) is 0 Å². The van der Waals surface area contributed by atoms with Crippen LogP contribution in [0.5, 0.6) is 11.5 Å². The first-order valence-electron chi connectivity index (χ1n) is 9.63. The van der Waals surface area contributed by atoms with Crippen LogP contribution in [0.25, 0.3) is 0 Å². The lowest BCUT2D eigenvalue weighted by Crippen LogP contribution is -2.33. The third kappa shape index (κ3) is 4.05. The molecule has 1 atom stereocenters. The molecule has 0 saturated heterocycles. The lowest BCUT2D eigenvalue weighted by molar-refractivity contribution is 0.0777. The quantitative estimate of drug-likeness (QED) is 0.440. The van der Waals surface area contributed by atoms with Crippen LogP contribution in [-0.2, 0) is 6.54 Å². The van der Waals surface area contributed by atoms with Crippen molar-refractivity contribution in [1.82, 2.24) is 9.55 Å². The first kappa shape index (κ1) is 20.0. The first-order chi connectivity index (χ1) is 14.6. The summed E-state index contributed by atoms with van der Waals surface area (Å²) in [6.07, 6.45) is 1.50. The monoisotopic (exact) mass is 419 g/mol. The summed E-state index contributed by atoms with van der Waals surface area (Å²) in [5.41, 5.74) is 3.07. The standard InChI is InChI=1S/C23H21N3O3S/c1-15-10-19(20(27)14-30-23-17(11-24)6-5-9-25-23)16(2)26(15)12-18-13-28-21-7-3-4-8-22(21)29-18/h3-10,18H,12-14H2,1-2H3/t18-/m0/s1. The van der Waals surface area contributed by atoms with Gasteiger partial charge in [0, 0.05) is 23.1 Å². The summed E-state index contributed by atoms with van der Waals surface area (Å²) >= 11 is 1.29. The van der Waals surface area contributed by atoms with Crippen LogP contribution < -0.4 is 9.47 Å². The van der Waals surface area contributed by atoms with E-state index >= 15 is 0 Å². The summed E-state index contributed by atoms with van der Waals surface area (Å²) < 4.78 is 14.0. The zero-order valence-corrected chi connectivity index (χ0v) is 17.6. The molecule has 0 bridgehead atoms. The van der Waals surface area contributed by atoms with Crippen molar-refractivity contribution in [1.29, 1.82) is 5.26 Å². The summed E-state index contributed by atoms with van der Waals surface area (Å²) in [5, 5.41) is 9.77. The third-order valence-electron chi connectivity index (χ3n) is 5.06. The topological polar surface area (TPSA) is 77.1 Å². The summed E-state index contributed by atoms with van der Waals surface area (Å²) in [5.74, 6) is 1.74. The van der Waals surface area contributed by atoms with E-state index in [0.717, 1.165) is 22.9 Å². The molecule has 1 aliphatic rings. The van der Waals surface area contributed by atoms with E-state index in [1.54, 1.807) is 18.3 Å². The number of nitriles is 1. The van der Waals surface area contributed by atoms with Gasteiger partial charge < -0.3 is 14.0 Å². The van der Waals surface area contributed by atoms with Gasteiger partial charge in [0.05, 0.1) is 17.9 Å². The summed E-state index contributed by atoms with van der Waals surface area (Å²) in [7, 11) is 0. The molecule has 0 fully saturated rings.